The van der Waals surface area contributed by atoms with Gasteiger partial charge in [-0.2, -0.15) is 10.1 Å². The summed E-state index contributed by atoms with van der Waals surface area (Å²) in [5.41, 5.74) is 7.26. The van der Waals surface area contributed by atoms with Gasteiger partial charge in [0.25, 0.3) is 5.91 Å². The fraction of sp³-hybridized carbons (Fsp3) is 0.278. The van der Waals surface area contributed by atoms with Crippen molar-refractivity contribution in [1.29, 1.82) is 0 Å². The van der Waals surface area contributed by atoms with E-state index in [2.05, 4.69) is 30.7 Å². The summed E-state index contributed by atoms with van der Waals surface area (Å²) in [6, 6.07) is 3.91. The van der Waals surface area contributed by atoms with Gasteiger partial charge in [-0.1, -0.05) is 0 Å². The number of piperidine rings is 1. The largest absolute Gasteiger partial charge is 0.423 e. The number of oxazole rings is 1. The summed E-state index contributed by atoms with van der Waals surface area (Å²) in [6.45, 7) is 1.66. The van der Waals surface area contributed by atoms with Gasteiger partial charge in [0.2, 0.25) is 0 Å². The number of nitrogen functional groups attached to an aromatic ring is 1. The minimum absolute atomic E-state index is 0.0504. The van der Waals surface area contributed by atoms with Crippen molar-refractivity contribution >= 4 is 39.9 Å². The van der Waals surface area contributed by atoms with E-state index >= 15 is 0 Å². The van der Waals surface area contributed by atoms with Crippen LogP contribution in [0.25, 0.3) is 22.1 Å². The molecule has 3 aromatic heterocycles. The second-order valence-electron chi connectivity index (χ2n) is 6.84. The van der Waals surface area contributed by atoms with Crippen molar-refractivity contribution in [3.8, 4) is 0 Å². The number of halogens is 1. The second kappa shape index (κ2) is 6.78. The summed E-state index contributed by atoms with van der Waals surface area (Å²) < 4.78 is 20.5. The molecule has 10 nitrogen and oxygen atoms in total. The molecule has 1 fully saturated rings. The molecule has 0 saturated carbocycles. The van der Waals surface area contributed by atoms with Crippen LogP contribution >= 0.6 is 0 Å². The van der Waals surface area contributed by atoms with Gasteiger partial charge in [0, 0.05) is 12.6 Å². The lowest BCUT2D eigenvalue weighted by atomic mass is 10.1. The van der Waals surface area contributed by atoms with Gasteiger partial charge in [-0.25, -0.2) is 19.0 Å². The highest BCUT2D eigenvalue weighted by atomic mass is 19.1. The molecule has 1 atom stereocenters. The average Bonchev–Trinajstić information content (AvgIpc) is 3.30. The number of nitrogens with one attached hydrogen (secondary N) is 2. The summed E-state index contributed by atoms with van der Waals surface area (Å²) in [6.07, 6.45) is 3.25. The van der Waals surface area contributed by atoms with E-state index in [-0.39, 0.29) is 23.6 Å². The minimum Gasteiger partial charge on any atom is -0.423 e. The van der Waals surface area contributed by atoms with E-state index < -0.39 is 11.7 Å². The Hall–Kier alpha value is -3.60. The molecule has 0 aliphatic carbocycles. The van der Waals surface area contributed by atoms with Crippen LogP contribution in [0.4, 0.5) is 16.2 Å². The number of amides is 1. The number of nitrogens with two attached hydrogens (primary N) is 1. The Morgan fingerprint density at radius 3 is 3.10 bits per heavy atom. The van der Waals surface area contributed by atoms with Crippen LogP contribution in [-0.2, 0) is 0 Å². The van der Waals surface area contributed by atoms with Crippen LogP contribution in [0, 0.1) is 5.82 Å². The topological polar surface area (TPSA) is 137 Å². The lowest BCUT2D eigenvalue weighted by molar-refractivity contribution is 0.101. The van der Waals surface area contributed by atoms with Crippen LogP contribution in [0.1, 0.15) is 29.4 Å². The third-order valence-corrected chi connectivity index (χ3v) is 4.92. The van der Waals surface area contributed by atoms with Gasteiger partial charge in [0.05, 0.1) is 11.4 Å². The maximum atomic E-state index is 13.4. The highest BCUT2D eigenvalue weighted by molar-refractivity contribution is 6.12. The zero-order valence-electron chi connectivity index (χ0n) is 15.2. The third kappa shape index (κ3) is 3.05. The van der Waals surface area contributed by atoms with E-state index in [1.54, 1.807) is 4.68 Å². The quantitative estimate of drug-likeness (QED) is 0.477. The van der Waals surface area contributed by atoms with E-state index in [0.29, 0.717) is 22.1 Å². The molecule has 1 aromatic carbocycles. The van der Waals surface area contributed by atoms with Crippen LogP contribution < -0.4 is 16.4 Å². The Bertz CT molecular complexity index is 1230. The average molecular weight is 396 g/mol. The van der Waals surface area contributed by atoms with Crippen molar-refractivity contribution < 1.29 is 13.6 Å². The molecular formula is C18H17FN8O2. The molecule has 4 heterocycles. The van der Waals surface area contributed by atoms with E-state index in [9.17, 15) is 9.18 Å². The molecular weight excluding hydrogens is 379 g/mol. The Kier molecular flexibility index (Phi) is 4.09. The fourth-order valence-corrected chi connectivity index (χ4v) is 3.56. The summed E-state index contributed by atoms with van der Waals surface area (Å²) in [5, 5.41) is 10.7. The molecule has 5 rings (SSSR count). The number of hydrogen-bond donors (Lipinski definition) is 3. The fourth-order valence-electron chi connectivity index (χ4n) is 3.56. The molecule has 148 valence electrons. The normalized spacial score (nSPS) is 17.1. The van der Waals surface area contributed by atoms with Crippen LogP contribution in [0.15, 0.2) is 28.9 Å². The first-order valence-corrected chi connectivity index (χ1v) is 9.17. The smallest absolute Gasteiger partial charge is 0.302 e. The van der Waals surface area contributed by atoms with E-state index in [4.69, 9.17) is 10.2 Å². The third-order valence-electron chi connectivity index (χ3n) is 4.92. The highest BCUT2D eigenvalue weighted by Gasteiger charge is 2.26. The highest BCUT2D eigenvalue weighted by Crippen LogP contribution is 2.27. The molecule has 1 aliphatic heterocycles. The number of carbonyl (C=O) groups excluding carboxylic acids is 1. The molecule has 1 amide bonds. The Labute approximate surface area is 163 Å². The van der Waals surface area contributed by atoms with Crippen molar-refractivity contribution in [1.82, 2.24) is 30.0 Å². The lowest BCUT2D eigenvalue weighted by Crippen LogP contribution is -2.32. The monoisotopic (exact) mass is 396 g/mol. The predicted molar refractivity (Wildman–Crippen MR) is 103 cm³/mol. The van der Waals surface area contributed by atoms with Crippen LogP contribution in [0.5, 0.6) is 0 Å². The standard InChI is InChI=1S/C18H17FN8O2/c19-9-3-4-12-11(6-9)24-18(29-12)25-17(28)14-13-15(20)22-8-23-16(13)27(26-14)10-2-1-5-21-7-10/h3-4,6,8,10,21H,1-2,5,7H2,(H2,20,22,23)(H,24,25,28). The van der Waals surface area contributed by atoms with Crippen molar-refractivity contribution in [2.45, 2.75) is 18.9 Å². The van der Waals surface area contributed by atoms with E-state index in [1.807, 2.05) is 0 Å². The van der Waals surface area contributed by atoms with Gasteiger partial charge >= 0.3 is 6.01 Å². The van der Waals surface area contributed by atoms with E-state index in [0.717, 1.165) is 25.9 Å². The minimum atomic E-state index is -0.564. The Balaban J connectivity index is 1.53. The van der Waals surface area contributed by atoms with Crippen molar-refractivity contribution in [3.05, 3.63) is 36.0 Å². The van der Waals surface area contributed by atoms with Crippen LogP contribution in [0.3, 0.4) is 0 Å². The SMILES string of the molecule is Nc1ncnc2c1c(C(=O)Nc1nc3cc(F)ccc3o1)nn2C1CCCNC1. The number of aromatic nitrogens is 5. The van der Waals surface area contributed by atoms with Crippen molar-refractivity contribution in [2.75, 3.05) is 24.1 Å². The summed E-state index contributed by atoms with van der Waals surface area (Å²) in [5.74, 6) is -0.847. The zero-order valence-corrected chi connectivity index (χ0v) is 15.2. The molecule has 4 aromatic rings. The lowest BCUT2D eigenvalue weighted by Gasteiger charge is -2.23. The zero-order chi connectivity index (χ0) is 20.0. The first-order valence-electron chi connectivity index (χ1n) is 9.17. The Morgan fingerprint density at radius 2 is 2.28 bits per heavy atom. The number of carbonyl (C=O) groups is 1. The molecule has 0 spiro atoms. The van der Waals surface area contributed by atoms with Crippen molar-refractivity contribution in [2.24, 2.45) is 0 Å². The van der Waals surface area contributed by atoms with E-state index in [1.165, 1.54) is 24.5 Å². The first kappa shape index (κ1) is 17.5. The molecule has 1 unspecified atom stereocenters. The molecule has 0 radical (unpaired) electrons. The molecule has 11 heteroatoms. The van der Waals surface area contributed by atoms with Gasteiger partial charge < -0.3 is 15.5 Å². The summed E-state index contributed by atoms with van der Waals surface area (Å²) >= 11 is 0. The first-order chi connectivity index (χ1) is 14.1. The van der Waals surface area contributed by atoms with Crippen LogP contribution in [-0.4, -0.2) is 43.7 Å². The van der Waals surface area contributed by atoms with Crippen LogP contribution in [0.2, 0.25) is 0 Å². The number of hydrogen-bond acceptors (Lipinski definition) is 8. The molecule has 0 bridgehead atoms. The maximum absolute atomic E-state index is 13.4. The number of anilines is 2. The molecule has 1 aliphatic rings. The van der Waals surface area contributed by atoms with Gasteiger partial charge in [0.1, 0.15) is 23.5 Å². The molecule has 29 heavy (non-hydrogen) atoms. The number of benzene rings is 1. The number of fused-ring (bicyclic) bond motifs is 2. The number of rotatable bonds is 3. The predicted octanol–water partition coefficient (Wildman–Crippen LogP) is 1.87. The van der Waals surface area contributed by atoms with Gasteiger partial charge in [-0.05, 0) is 31.5 Å². The second-order valence-corrected chi connectivity index (χ2v) is 6.84. The van der Waals surface area contributed by atoms with Gasteiger partial charge in [-0.3, -0.25) is 10.1 Å². The van der Waals surface area contributed by atoms with Gasteiger partial charge in [0.15, 0.2) is 16.9 Å². The number of nitrogens with zero attached hydrogens (tertiary/aromatic N) is 5. The summed E-state index contributed by atoms with van der Waals surface area (Å²) in [4.78, 5) is 25.3. The van der Waals surface area contributed by atoms with Crippen molar-refractivity contribution in [3.63, 3.8) is 0 Å². The molecule has 1 saturated heterocycles. The Morgan fingerprint density at radius 1 is 1.38 bits per heavy atom. The van der Waals surface area contributed by atoms with Gasteiger partial charge in [-0.15, -0.1) is 0 Å². The maximum Gasteiger partial charge on any atom is 0.302 e. The summed E-state index contributed by atoms with van der Waals surface area (Å²) in [7, 11) is 0. The molecule has 4 N–H and O–H groups in total.